The molecule has 0 unspecified atom stereocenters. The number of hydrogen-bond donors (Lipinski definition) is 1. The average Bonchev–Trinajstić information content (AvgIpc) is 2.44. The molecule has 1 aromatic rings. The molecule has 0 heterocycles. The van der Waals surface area contributed by atoms with E-state index in [9.17, 15) is 4.79 Å². The number of nitrogens with one attached hydrogen (secondary N) is 1. The molecule has 0 spiro atoms. The predicted octanol–water partition coefficient (Wildman–Crippen LogP) is 3.84. The summed E-state index contributed by atoms with van der Waals surface area (Å²) in [7, 11) is 0. The summed E-state index contributed by atoms with van der Waals surface area (Å²) in [5, 5.41) is 3.10. The zero-order valence-electron chi connectivity index (χ0n) is 12.1. The van der Waals surface area contributed by atoms with Gasteiger partial charge in [-0.15, -0.1) is 11.6 Å². The molecule has 2 nitrogen and oxygen atoms in total. The molecule has 1 amide bonds. The molecule has 0 bridgehead atoms. The summed E-state index contributed by atoms with van der Waals surface area (Å²) >= 11 is 6.00. The topological polar surface area (TPSA) is 29.1 Å². The lowest BCUT2D eigenvalue weighted by Gasteiger charge is -2.30. The molecule has 1 rings (SSSR count). The van der Waals surface area contributed by atoms with Gasteiger partial charge in [0.25, 0.3) is 0 Å². The van der Waals surface area contributed by atoms with E-state index >= 15 is 0 Å². The minimum absolute atomic E-state index is 0.0904. The normalized spacial score (nSPS) is 11.4. The van der Waals surface area contributed by atoms with Crippen molar-refractivity contribution in [2.75, 3.05) is 5.88 Å². The molecule has 0 fully saturated rings. The van der Waals surface area contributed by atoms with Gasteiger partial charge in [0.05, 0.1) is 5.54 Å². The lowest BCUT2D eigenvalue weighted by atomic mass is 9.94. The van der Waals surface area contributed by atoms with E-state index in [0.717, 1.165) is 19.3 Å². The predicted molar refractivity (Wildman–Crippen MR) is 81.7 cm³/mol. The van der Waals surface area contributed by atoms with E-state index in [1.165, 1.54) is 11.1 Å². The molecule has 19 heavy (non-hydrogen) atoms. The van der Waals surface area contributed by atoms with E-state index in [1.807, 2.05) is 12.1 Å². The molecular formula is C16H24ClNO. The zero-order chi connectivity index (χ0) is 14.3. The summed E-state index contributed by atoms with van der Waals surface area (Å²) in [6.45, 7) is 6.20. The van der Waals surface area contributed by atoms with Gasteiger partial charge in [-0.2, -0.15) is 0 Å². The summed E-state index contributed by atoms with van der Waals surface area (Å²) in [6, 6.07) is 8.19. The third-order valence-corrected chi connectivity index (χ3v) is 4.41. The SMILES string of the molecule is CCC(CC)(CCl)NC(=O)CCc1ccccc1C. The Morgan fingerprint density at radius 2 is 1.89 bits per heavy atom. The van der Waals surface area contributed by atoms with Crippen molar-refractivity contribution in [1.82, 2.24) is 5.32 Å². The van der Waals surface area contributed by atoms with E-state index in [2.05, 4.69) is 38.2 Å². The minimum Gasteiger partial charge on any atom is -0.349 e. The number of rotatable bonds is 7. The van der Waals surface area contributed by atoms with Crippen LogP contribution in [-0.2, 0) is 11.2 Å². The molecule has 0 radical (unpaired) electrons. The second kappa shape index (κ2) is 7.54. The molecule has 0 saturated carbocycles. The molecule has 3 heteroatoms. The molecule has 1 aromatic carbocycles. The maximum atomic E-state index is 12.1. The monoisotopic (exact) mass is 281 g/mol. The molecule has 0 aliphatic heterocycles. The number of amides is 1. The van der Waals surface area contributed by atoms with Crippen molar-refractivity contribution >= 4 is 17.5 Å². The fourth-order valence-corrected chi connectivity index (χ4v) is 2.59. The van der Waals surface area contributed by atoms with Crippen LogP contribution in [0, 0.1) is 6.92 Å². The number of benzene rings is 1. The molecule has 0 aliphatic carbocycles. The maximum Gasteiger partial charge on any atom is 0.220 e. The zero-order valence-corrected chi connectivity index (χ0v) is 12.9. The second-order valence-corrected chi connectivity index (χ2v) is 5.36. The highest BCUT2D eigenvalue weighted by Gasteiger charge is 2.26. The van der Waals surface area contributed by atoms with Crippen LogP contribution in [0.3, 0.4) is 0 Å². The summed E-state index contributed by atoms with van der Waals surface area (Å²) in [5.74, 6) is 0.559. The molecule has 106 valence electrons. The summed E-state index contributed by atoms with van der Waals surface area (Å²) < 4.78 is 0. The van der Waals surface area contributed by atoms with Gasteiger partial charge in [-0.05, 0) is 37.3 Å². The molecule has 0 aliphatic rings. The van der Waals surface area contributed by atoms with E-state index < -0.39 is 0 Å². The Kier molecular flexibility index (Phi) is 6.36. The van der Waals surface area contributed by atoms with Gasteiger partial charge in [-0.1, -0.05) is 38.1 Å². The fraction of sp³-hybridized carbons (Fsp3) is 0.562. The molecule has 0 atom stereocenters. The van der Waals surface area contributed by atoms with Crippen molar-refractivity contribution in [3.05, 3.63) is 35.4 Å². The number of halogens is 1. The maximum absolute atomic E-state index is 12.1. The van der Waals surface area contributed by atoms with Gasteiger partial charge in [0.2, 0.25) is 5.91 Å². The highest BCUT2D eigenvalue weighted by Crippen LogP contribution is 2.17. The van der Waals surface area contributed by atoms with E-state index in [-0.39, 0.29) is 11.4 Å². The number of hydrogen-bond acceptors (Lipinski definition) is 1. The van der Waals surface area contributed by atoms with Crippen LogP contribution in [0.4, 0.5) is 0 Å². The van der Waals surface area contributed by atoms with E-state index in [4.69, 9.17) is 11.6 Å². The highest BCUT2D eigenvalue weighted by molar-refractivity contribution is 6.18. The fourth-order valence-electron chi connectivity index (χ4n) is 2.15. The number of aryl methyl sites for hydroxylation is 2. The van der Waals surface area contributed by atoms with Crippen molar-refractivity contribution < 1.29 is 4.79 Å². The van der Waals surface area contributed by atoms with Crippen LogP contribution in [0.1, 0.15) is 44.2 Å². The van der Waals surface area contributed by atoms with Crippen LogP contribution >= 0.6 is 11.6 Å². The first-order valence-corrected chi connectivity index (χ1v) is 7.52. The number of carbonyl (C=O) groups is 1. The van der Waals surface area contributed by atoms with Crippen LogP contribution < -0.4 is 5.32 Å². The quantitative estimate of drug-likeness (QED) is 0.756. The van der Waals surface area contributed by atoms with E-state index in [1.54, 1.807) is 0 Å². The Bertz CT molecular complexity index is 405. The molecule has 0 aromatic heterocycles. The summed E-state index contributed by atoms with van der Waals surface area (Å²) in [4.78, 5) is 12.1. The highest BCUT2D eigenvalue weighted by atomic mass is 35.5. The largest absolute Gasteiger partial charge is 0.349 e. The Morgan fingerprint density at radius 3 is 2.42 bits per heavy atom. The van der Waals surface area contributed by atoms with Crippen molar-refractivity contribution in [2.45, 2.75) is 52.0 Å². The number of alkyl halides is 1. The Morgan fingerprint density at radius 1 is 1.26 bits per heavy atom. The van der Waals surface area contributed by atoms with Gasteiger partial charge in [0, 0.05) is 12.3 Å². The Hall–Kier alpha value is -1.02. The first kappa shape index (κ1) is 16.0. The number of carbonyl (C=O) groups excluding carboxylic acids is 1. The smallest absolute Gasteiger partial charge is 0.220 e. The van der Waals surface area contributed by atoms with Crippen LogP contribution in [0.2, 0.25) is 0 Å². The average molecular weight is 282 g/mol. The van der Waals surface area contributed by atoms with Crippen LogP contribution in [-0.4, -0.2) is 17.3 Å². The van der Waals surface area contributed by atoms with Crippen molar-refractivity contribution in [3.63, 3.8) is 0 Å². The van der Waals surface area contributed by atoms with Gasteiger partial charge in [-0.25, -0.2) is 0 Å². The van der Waals surface area contributed by atoms with Gasteiger partial charge in [0.1, 0.15) is 0 Å². The molecular weight excluding hydrogens is 258 g/mol. The van der Waals surface area contributed by atoms with Gasteiger partial charge >= 0.3 is 0 Å². The summed E-state index contributed by atoms with van der Waals surface area (Å²) in [6.07, 6.45) is 3.03. The van der Waals surface area contributed by atoms with Gasteiger partial charge in [-0.3, -0.25) is 4.79 Å². The Balaban J connectivity index is 2.54. The van der Waals surface area contributed by atoms with E-state index in [0.29, 0.717) is 12.3 Å². The van der Waals surface area contributed by atoms with Crippen molar-refractivity contribution in [1.29, 1.82) is 0 Å². The van der Waals surface area contributed by atoms with Gasteiger partial charge in [0.15, 0.2) is 0 Å². The molecule has 1 N–H and O–H groups in total. The van der Waals surface area contributed by atoms with Crippen molar-refractivity contribution in [2.24, 2.45) is 0 Å². The van der Waals surface area contributed by atoms with Crippen LogP contribution in [0.25, 0.3) is 0 Å². The molecule has 0 saturated heterocycles. The summed E-state index contributed by atoms with van der Waals surface area (Å²) in [5.41, 5.74) is 2.23. The minimum atomic E-state index is -0.246. The third kappa shape index (κ3) is 4.54. The van der Waals surface area contributed by atoms with Crippen LogP contribution in [0.5, 0.6) is 0 Å². The third-order valence-electron chi connectivity index (χ3n) is 3.90. The van der Waals surface area contributed by atoms with Crippen molar-refractivity contribution in [3.8, 4) is 0 Å². The first-order chi connectivity index (χ1) is 9.06. The standard InChI is InChI=1S/C16H24ClNO/c1-4-16(5-2,12-17)18-15(19)11-10-14-9-7-6-8-13(14)3/h6-9H,4-5,10-12H2,1-3H3,(H,18,19). The lowest BCUT2D eigenvalue weighted by molar-refractivity contribution is -0.122. The second-order valence-electron chi connectivity index (χ2n) is 5.10. The lowest BCUT2D eigenvalue weighted by Crippen LogP contribution is -2.49. The van der Waals surface area contributed by atoms with Gasteiger partial charge < -0.3 is 5.32 Å². The van der Waals surface area contributed by atoms with Crippen LogP contribution in [0.15, 0.2) is 24.3 Å². The first-order valence-electron chi connectivity index (χ1n) is 6.98. The Labute approximate surface area is 121 Å².